The molecule has 2 aromatic heterocycles. The van der Waals surface area contributed by atoms with Crippen molar-refractivity contribution in [2.75, 3.05) is 23.8 Å². The summed E-state index contributed by atoms with van der Waals surface area (Å²) in [5.41, 5.74) is 4.10. The zero-order valence-corrected chi connectivity index (χ0v) is 14.5. The van der Waals surface area contributed by atoms with Gasteiger partial charge in [-0.15, -0.1) is 0 Å². The summed E-state index contributed by atoms with van der Waals surface area (Å²) in [6.07, 6.45) is 4.20. The summed E-state index contributed by atoms with van der Waals surface area (Å²) in [5.74, 6) is 2.20. The van der Waals surface area contributed by atoms with Crippen LogP contribution in [0.25, 0.3) is 23.3 Å². The zero-order valence-electron chi connectivity index (χ0n) is 14.5. The van der Waals surface area contributed by atoms with Crippen LogP contribution in [-0.2, 0) is 0 Å². The molecule has 0 aliphatic carbocycles. The summed E-state index contributed by atoms with van der Waals surface area (Å²) in [6, 6.07) is 12.6. The highest BCUT2D eigenvalue weighted by molar-refractivity contribution is 6.75. The molecule has 3 aromatic rings. The third-order valence-electron chi connectivity index (χ3n) is 5.37. The van der Waals surface area contributed by atoms with Crippen LogP contribution in [0.15, 0.2) is 47.0 Å². The first-order chi connectivity index (χ1) is 12.1. The van der Waals surface area contributed by atoms with E-state index in [9.17, 15) is 0 Å². The van der Waals surface area contributed by atoms with E-state index in [4.69, 9.17) is 4.42 Å². The molecule has 0 radical (unpaired) electrons. The highest BCUT2D eigenvalue weighted by atomic mass is 16.3. The molecule has 0 bridgehead atoms. The molecule has 1 aromatic carbocycles. The van der Waals surface area contributed by atoms with Crippen LogP contribution in [-0.4, -0.2) is 37.0 Å². The van der Waals surface area contributed by atoms with Crippen molar-refractivity contribution in [1.29, 1.82) is 0 Å². The van der Waals surface area contributed by atoms with Crippen LogP contribution in [0.5, 0.6) is 0 Å². The molecule has 0 fully saturated rings. The van der Waals surface area contributed by atoms with Crippen molar-refractivity contribution in [2.24, 2.45) is 0 Å². The maximum absolute atomic E-state index is 6.01. The maximum atomic E-state index is 6.01. The van der Waals surface area contributed by atoms with Gasteiger partial charge in [-0.25, -0.2) is 4.98 Å². The molecule has 0 saturated carbocycles. The van der Waals surface area contributed by atoms with E-state index in [-0.39, 0.29) is 13.1 Å². The number of rotatable bonds is 1. The van der Waals surface area contributed by atoms with E-state index in [0.29, 0.717) is 5.71 Å². The van der Waals surface area contributed by atoms with Gasteiger partial charge in [-0.2, -0.15) is 0 Å². The SMILES string of the molecule is C[C@H]1N(C)c2ccccc2N1B1C=c2oc3ncccc3c2=CN1C. The van der Waals surface area contributed by atoms with Gasteiger partial charge in [0, 0.05) is 30.0 Å². The van der Waals surface area contributed by atoms with Gasteiger partial charge in [0.2, 0.25) is 5.71 Å². The van der Waals surface area contributed by atoms with Gasteiger partial charge in [0.25, 0.3) is 0 Å². The van der Waals surface area contributed by atoms with E-state index in [0.717, 1.165) is 16.0 Å². The first-order valence-corrected chi connectivity index (χ1v) is 8.54. The lowest BCUT2D eigenvalue weighted by Crippen LogP contribution is -2.56. The maximum Gasteiger partial charge on any atom is 0.408 e. The van der Waals surface area contributed by atoms with Gasteiger partial charge >= 0.3 is 6.98 Å². The van der Waals surface area contributed by atoms with Crippen LogP contribution < -0.4 is 20.3 Å². The van der Waals surface area contributed by atoms with E-state index in [1.807, 2.05) is 6.07 Å². The number of pyridine rings is 1. The highest BCUT2D eigenvalue weighted by Crippen LogP contribution is 2.39. The molecule has 5 nitrogen and oxygen atoms in total. The van der Waals surface area contributed by atoms with Gasteiger partial charge in [0.15, 0.2) is 0 Å². The fourth-order valence-electron chi connectivity index (χ4n) is 3.97. The molecule has 25 heavy (non-hydrogen) atoms. The van der Waals surface area contributed by atoms with Crippen LogP contribution in [0.3, 0.4) is 0 Å². The first kappa shape index (κ1) is 14.5. The minimum Gasteiger partial charge on any atom is -0.439 e. The van der Waals surface area contributed by atoms with Gasteiger partial charge in [0.05, 0.1) is 17.5 Å². The fraction of sp³-hybridized carbons (Fsp3) is 0.211. The van der Waals surface area contributed by atoms with E-state index >= 15 is 0 Å². The van der Waals surface area contributed by atoms with E-state index in [1.54, 1.807) is 6.20 Å². The molecule has 0 spiro atoms. The average Bonchev–Trinajstić information content (AvgIpc) is 3.10. The summed E-state index contributed by atoms with van der Waals surface area (Å²) in [7, 11) is 4.26. The van der Waals surface area contributed by atoms with Crippen LogP contribution in [0, 0.1) is 0 Å². The van der Waals surface area contributed by atoms with Crippen molar-refractivity contribution in [1.82, 2.24) is 9.79 Å². The van der Waals surface area contributed by atoms with Crippen LogP contribution in [0.4, 0.5) is 11.4 Å². The van der Waals surface area contributed by atoms with E-state index in [1.165, 1.54) is 11.4 Å². The molecule has 5 rings (SSSR count). The Morgan fingerprint density at radius 3 is 2.72 bits per heavy atom. The third kappa shape index (κ3) is 1.94. The summed E-state index contributed by atoms with van der Waals surface area (Å²) < 4.78 is 6.01. The molecule has 0 saturated heterocycles. The highest BCUT2D eigenvalue weighted by Gasteiger charge is 2.39. The third-order valence-corrected chi connectivity index (χ3v) is 5.37. The Morgan fingerprint density at radius 2 is 1.88 bits per heavy atom. The van der Waals surface area contributed by atoms with Crippen molar-refractivity contribution in [3.05, 3.63) is 53.2 Å². The summed E-state index contributed by atoms with van der Waals surface area (Å²) in [4.78, 5) is 11.3. The summed E-state index contributed by atoms with van der Waals surface area (Å²) >= 11 is 0. The molecular weight excluding hydrogens is 311 g/mol. The number of para-hydroxylation sites is 2. The summed E-state index contributed by atoms with van der Waals surface area (Å²) in [5, 5.41) is 2.17. The number of hydrogen-bond acceptors (Lipinski definition) is 5. The van der Waals surface area contributed by atoms with Crippen molar-refractivity contribution in [3.63, 3.8) is 0 Å². The van der Waals surface area contributed by atoms with Gasteiger partial charge in [-0.05, 0) is 44.2 Å². The van der Waals surface area contributed by atoms with Crippen LogP contribution >= 0.6 is 0 Å². The predicted octanol–water partition coefficient (Wildman–Crippen LogP) is 1.62. The Bertz CT molecular complexity index is 1090. The Balaban J connectivity index is 1.69. The number of hydrogen-bond donors (Lipinski definition) is 0. The molecule has 0 unspecified atom stereocenters. The molecular formula is C19H19BN4O. The zero-order chi connectivity index (χ0) is 17.1. The lowest BCUT2D eigenvalue weighted by molar-refractivity contribution is 0.561. The molecule has 1 atom stereocenters. The standard InChI is InChI=1S/C19H19BN4O/c1-13-23(3)16-8-4-5-9-17(16)24(13)20-11-18-15(12-22(20)2)14-7-6-10-21-19(14)25-18/h4-13H,1-3H3/t13-/m0/s1. The van der Waals surface area contributed by atoms with Crippen molar-refractivity contribution in [2.45, 2.75) is 13.1 Å². The number of furan rings is 1. The molecule has 2 aliphatic rings. The van der Waals surface area contributed by atoms with E-state index < -0.39 is 0 Å². The molecule has 6 heteroatoms. The molecule has 124 valence electrons. The van der Waals surface area contributed by atoms with Gasteiger partial charge < -0.3 is 18.9 Å². The minimum atomic E-state index is 0.0918. The van der Waals surface area contributed by atoms with E-state index in [2.05, 4.69) is 83.0 Å². The lowest BCUT2D eigenvalue weighted by atomic mass is 9.69. The topological polar surface area (TPSA) is 35.8 Å². The van der Waals surface area contributed by atoms with Crippen LogP contribution in [0.2, 0.25) is 0 Å². The summed E-state index contributed by atoms with van der Waals surface area (Å²) in [6.45, 7) is 2.33. The Kier molecular flexibility index (Phi) is 2.92. The number of benzene rings is 1. The lowest BCUT2D eigenvalue weighted by Gasteiger charge is -2.36. The second-order valence-electron chi connectivity index (χ2n) is 6.75. The monoisotopic (exact) mass is 330 g/mol. The van der Waals surface area contributed by atoms with Crippen molar-refractivity contribution in [3.8, 4) is 0 Å². The molecule has 0 amide bonds. The Morgan fingerprint density at radius 1 is 1.08 bits per heavy atom. The van der Waals surface area contributed by atoms with Crippen molar-refractivity contribution >= 4 is 41.6 Å². The number of anilines is 2. The van der Waals surface area contributed by atoms with Crippen LogP contribution in [0.1, 0.15) is 6.92 Å². The molecule has 0 N–H and O–H groups in total. The number of nitrogens with zero attached hydrogens (tertiary/aromatic N) is 4. The minimum absolute atomic E-state index is 0.0918. The van der Waals surface area contributed by atoms with Gasteiger partial charge in [-0.3, -0.25) is 0 Å². The molecule has 4 heterocycles. The molecule has 2 aliphatic heterocycles. The second-order valence-corrected chi connectivity index (χ2v) is 6.75. The van der Waals surface area contributed by atoms with Gasteiger partial charge in [0.1, 0.15) is 5.42 Å². The Labute approximate surface area is 146 Å². The quantitative estimate of drug-likeness (QED) is 0.634. The van der Waals surface area contributed by atoms with Crippen molar-refractivity contribution < 1.29 is 4.42 Å². The van der Waals surface area contributed by atoms with Gasteiger partial charge in [-0.1, -0.05) is 12.1 Å². The fourth-order valence-corrected chi connectivity index (χ4v) is 3.97. The first-order valence-electron chi connectivity index (χ1n) is 8.54. The smallest absolute Gasteiger partial charge is 0.408 e. The largest absolute Gasteiger partial charge is 0.439 e. The second kappa shape index (κ2) is 5.05. The predicted molar refractivity (Wildman–Crippen MR) is 102 cm³/mol. The Hall–Kier alpha value is -2.89. The number of fused-ring (bicyclic) bond motifs is 4. The average molecular weight is 330 g/mol. The normalized spacial score (nSPS) is 18.9. The number of aromatic nitrogens is 1.